The molecule has 0 saturated heterocycles. The van der Waals surface area contributed by atoms with Gasteiger partial charge in [0.25, 0.3) is 0 Å². The molecular weight excluding hydrogens is 184 g/mol. The highest BCUT2D eigenvalue weighted by Gasteiger charge is 2.11. The summed E-state index contributed by atoms with van der Waals surface area (Å²) in [6.45, 7) is 0.0356. The maximum atomic E-state index is 10.2. The average Bonchev–Trinajstić information content (AvgIpc) is 2.19. The van der Waals surface area contributed by atoms with Gasteiger partial charge in [-0.05, 0) is 0 Å². The summed E-state index contributed by atoms with van der Waals surface area (Å²) in [5.41, 5.74) is 1.47. The fraction of sp³-hybridized carbons (Fsp3) is 0.333. The van der Waals surface area contributed by atoms with Gasteiger partial charge in [-0.2, -0.15) is 0 Å². The Balaban J connectivity index is 2.94. The average molecular weight is 197 g/mol. The van der Waals surface area contributed by atoms with Gasteiger partial charge in [0, 0.05) is 16.9 Å². The van der Waals surface area contributed by atoms with Gasteiger partial charge < -0.3 is 10.4 Å². The summed E-state index contributed by atoms with van der Waals surface area (Å²) >= 11 is 0. The van der Waals surface area contributed by atoms with Crippen molar-refractivity contribution in [1.82, 2.24) is 0 Å². The van der Waals surface area contributed by atoms with Crippen LogP contribution in [0.2, 0.25) is 0 Å². The minimum absolute atomic E-state index is 0.0356. The molecule has 5 nitrogen and oxygen atoms in total. The second-order valence-corrected chi connectivity index (χ2v) is 2.65. The van der Waals surface area contributed by atoms with Crippen LogP contribution in [0.1, 0.15) is 5.69 Å². The number of aliphatic hydroxyl groups excluding tert-OH is 1. The first-order chi connectivity index (χ1) is 6.81. The van der Waals surface area contributed by atoms with E-state index in [-0.39, 0.29) is 6.61 Å². The van der Waals surface area contributed by atoms with Crippen LogP contribution in [-0.4, -0.2) is 25.2 Å². The molecule has 0 aliphatic heterocycles. The second kappa shape index (κ2) is 5.18. The number of nitrogens with zero attached hydrogens (tertiary/aromatic N) is 1. The van der Waals surface area contributed by atoms with Crippen molar-refractivity contribution < 1.29 is 19.5 Å². The van der Waals surface area contributed by atoms with Crippen LogP contribution in [0, 0.1) is 0 Å². The predicted molar refractivity (Wildman–Crippen MR) is 49.6 cm³/mol. The Kier molecular flexibility index (Phi) is 3.87. The summed E-state index contributed by atoms with van der Waals surface area (Å²) in [7, 11) is 1.54. The number of amides is 1. The van der Waals surface area contributed by atoms with Crippen molar-refractivity contribution in [2.24, 2.45) is 0 Å². The molecule has 14 heavy (non-hydrogen) atoms. The number of anilines is 1. The molecule has 0 aliphatic rings. The smallest absolute Gasteiger partial charge is 0.238 e. The van der Waals surface area contributed by atoms with E-state index in [0.29, 0.717) is 18.5 Å². The fourth-order valence-electron chi connectivity index (χ4n) is 1.17. The van der Waals surface area contributed by atoms with E-state index in [1.165, 1.54) is 11.8 Å². The van der Waals surface area contributed by atoms with Crippen molar-refractivity contribution in [3.63, 3.8) is 0 Å². The van der Waals surface area contributed by atoms with Gasteiger partial charge in [0.15, 0.2) is 0 Å². The molecule has 0 radical (unpaired) electrons. The number of hydrogen-bond donors (Lipinski definition) is 2. The van der Waals surface area contributed by atoms with Gasteiger partial charge in [-0.3, -0.25) is 9.63 Å². The summed E-state index contributed by atoms with van der Waals surface area (Å²) in [6.07, 6.45) is 2.76. The topological polar surface area (TPSA) is 62.4 Å². The van der Waals surface area contributed by atoms with Gasteiger partial charge in [-0.1, -0.05) is 0 Å². The summed E-state index contributed by atoms with van der Waals surface area (Å²) in [6, 6.07) is 3.45. The van der Waals surface area contributed by atoms with E-state index in [9.17, 15) is 4.79 Å². The van der Waals surface area contributed by atoms with Crippen LogP contribution in [0.5, 0.6) is 0 Å². The Bertz CT molecular complexity index is 315. The van der Waals surface area contributed by atoms with E-state index < -0.39 is 0 Å². The zero-order chi connectivity index (χ0) is 10.4. The van der Waals surface area contributed by atoms with Crippen molar-refractivity contribution in [3.8, 4) is 0 Å². The number of nitrogens with one attached hydrogen (secondary N) is 1. The summed E-state index contributed by atoms with van der Waals surface area (Å²) in [5, 5.41) is 11.3. The number of carbonyl (C=O) groups is 1. The standard InChI is InChI=1S/C9H12N2O3/c1-14-11-4-2-8(10-7-13)6-9(11)3-5-12/h2,4,6-7,12H,3,5H2,1H3/p+1. The molecule has 1 heterocycles. The molecule has 0 unspecified atom stereocenters. The number of hydrogen-bond acceptors (Lipinski definition) is 3. The van der Waals surface area contributed by atoms with Crippen LogP contribution in [0.15, 0.2) is 18.3 Å². The third-order valence-corrected chi connectivity index (χ3v) is 1.78. The van der Waals surface area contributed by atoms with E-state index in [1.54, 1.807) is 18.3 Å². The Morgan fingerprint density at radius 1 is 1.71 bits per heavy atom. The molecule has 1 aromatic rings. The molecule has 5 heteroatoms. The van der Waals surface area contributed by atoms with Gasteiger partial charge >= 0.3 is 0 Å². The van der Waals surface area contributed by atoms with E-state index >= 15 is 0 Å². The number of aliphatic hydroxyl groups is 1. The van der Waals surface area contributed by atoms with Crippen molar-refractivity contribution in [2.45, 2.75) is 6.42 Å². The molecule has 76 valence electrons. The Morgan fingerprint density at radius 3 is 3.07 bits per heavy atom. The van der Waals surface area contributed by atoms with E-state index in [0.717, 1.165) is 5.69 Å². The molecular formula is C9H13N2O3+. The van der Waals surface area contributed by atoms with Crippen molar-refractivity contribution in [1.29, 1.82) is 0 Å². The van der Waals surface area contributed by atoms with Gasteiger partial charge in [0.2, 0.25) is 18.3 Å². The maximum absolute atomic E-state index is 10.2. The normalized spacial score (nSPS) is 9.57. The zero-order valence-corrected chi connectivity index (χ0v) is 7.93. The summed E-state index contributed by atoms with van der Waals surface area (Å²) in [5.74, 6) is 0. The minimum atomic E-state index is 0.0356. The molecule has 0 atom stereocenters. The van der Waals surface area contributed by atoms with Crippen LogP contribution < -0.4 is 14.9 Å². The lowest BCUT2D eigenvalue weighted by atomic mass is 10.2. The summed E-state index contributed by atoms with van der Waals surface area (Å²) < 4.78 is 1.53. The zero-order valence-electron chi connectivity index (χ0n) is 7.93. The Morgan fingerprint density at radius 2 is 2.50 bits per heavy atom. The molecule has 0 aliphatic carbocycles. The minimum Gasteiger partial charge on any atom is -0.396 e. The van der Waals surface area contributed by atoms with Crippen molar-refractivity contribution in [2.75, 3.05) is 19.0 Å². The second-order valence-electron chi connectivity index (χ2n) is 2.65. The molecule has 1 amide bonds. The molecule has 0 fully saturated rings. The third-order valence-electron chi connectivity index (χ3n) is 1.78. The molecule has 2 N–H and O–H groups in total. The first-order valence-corrected chi connectivity index (χ1v) is 4.22. The highest BCUT2D eigenvalue weighted by molar-refractivity contribution is 5.70. The lowest BCUT2D eigenvalue weighted by Crippen LogP contribution is -2.44. The highest BCUT2D eigenvalue weighted by atomic mass is 16.6. The highest BCUT2D eigenvalue weighted by Crippen LogP contribution is 2.05. The van der Waals surface area contributed by atoms with E-state index in [2.05, 4.69) is 5.32 Å². The van der Waals surface area contributed by atoms with Crippen LogP contribution in [0.3, 0.4) is 0 Å². The van der Waals surface area contributed by atoms with Gasteiger partial charge in [0.1, 0.15) is 7.11 Å². The molecule has 0 bridgehead atoms. The third kappa shape index (κ3) is 2.43. The predicted octanol–water partition coefficient (Wildman–Crippen LogP) is -0.864. The van der Waals surface area contributed by atoms with Crippen molar-refractivity contribution in [3.05, 3.63) is 24.0 Å². The number of aromatic nitrogens is 1. The molecule has 0 saturated carbocycles. The molecule has 1 aromatic heterocycles. The Labute approximate surface area is 81.9 Å². The number of carbonyl (C=O) groups excluding carboxylic acids is 1. The van der Waals surface area contributed by atoms with Crippen LogP contribution in [0.4, 0.5) is 5.69 Å². The molecule has 0 aromatic carbocycles. The van der Waals surface area contributed by atoms with Crippen LogP contribution in [-0.2, 0) is 11.2 Å². The van der Waals surface area contributed by atoms with E-state index in [1.807, 2.05) is 0 Å². The quantitative estimate of drug-likeness (QED) is 0.476. The lowest BCUT2D eigenvalue weighted by Gasteiger charge is -2.01. The Hall–Kier alpha value is -1.62. The number of pyridine rings is 1. The fourth-order valence-corrected chi connectivity index (χ4v) is 1.17. The van der Waals surface area contributed by atoms with Crippen LogP contribution >= 0.6 is 0 Å². The molecule has 0 spiro atoms. The first-order valence-electron chi connectivity index (χ1n) is 4.22. The van der Waals surface area contributed by atoms with Gasteiger partial charge in [0.05, 0.1) is 18.7 Å². The van der Waals surface area contributed by atoms with Crippen LogP contribution in [0.25, 0.3) is 0 Å². The SMILES string of the molecule is CO[n+]1ccc(NC=O)cc1CCO. The largest absolute Gasteiger partial charge is 0.396 e. The lowest BCUT2D eigenvalue weighted by molar-refractivity contribution is -0.890. The van der Waals surface area contributed by atoms with Gasteiger partial charge in [-0.25, -0.2) is 0 Å². The number of rotatable bonds is 5. The van der Waals surface area contributed by atoms with Gasteiger partial charge in [-0.15, -0.1) is 0 Å². The van der Waals surface area contributed by atoms with E-state index in [4.69, 9.17) is 9.94 Å². The van der Waals surface area contributed by atoms with Crippen molar-refractivity contribution >= 4 is 12.1 Å². The summed E-state index contributed by atoms with van der Waals surface area (Å²) in [4.78, 5) is 15.2. The maximum Gasteiger partial charge on any atom is 0.238 e. The molecule has 1 rings (SSSR count). The first kappa shape index (κ1) is 10.5. The monoisotopic (exact) mass is 197 g/mol.